The van der Waals surface area contributed by atoms with Gasteiger partial charge < -0.3 is 0 Å². The summed E-state index contributed by atoms with van der Waals surface area (Å²) in [6.45, 7) is 5.86. The zero-order valence-corrected chi connectivity index (χ0v) is 8.31. The molecule has 0 N–H and O–H groups in total. The van der Waals surface area contributed by atoms with Gasteiger partial charge in [0.05, 0.1) is 0 Å². The highest BCUT2D eigenvalue weighted by molar-refractivity contribution is 6.00. The molecular formula is C13H14O. The Morgan fingerprint density at radius 1 is 1.36 bits per heavy atom. The van der Waals surface area contributed by atoms with Crippen LogP contribution in [-0.4, -0.2) is 5.78 Å². The number of hydrogen-bond donors (Lipinski definition) is 0. The molecule has 0 saturated heterocycles. The van der Waals surface area contributed by atoms with Crippen LogP contribution in [0.1, 0.15) is 17.3 Å². The first-order valence-electron chi connectivity index (χ1n) is 4.97. The minimum atomic E-state index is 0.176. The van der Waals surface area contributed by atoms with Gasteiger partial charge in [0.15, 0.2) is 5.78 Å². The monoisotopic (exact) mass is 186 g/mol. The number of ketones is 1. The molecule has 0 heterocycles. The quantitative estimate of drug-likeness (QED) is 0.524. The fourth-order valence-electron chi connectivity index (χ4n) is 2.06. The molecule has 72 valence electrons. The maximum Gasteiger partial charge on any atom is 0.166 e. The van der Waals surface area contributed by atoms with Gasteiger partial charge in [-0.2, -0.15) is 0 Å². The second-order valence-corrected chi connectivity index (χ2v) is 3.93. The standard InChI is InChI=1S/C13H14O/c1-3-11-9(2)12(11)13(14)10-7-5-4-6-8-10/h3-9,11-12H,1H2,2H3/t9-,11-,12+/m0/s1. The van der Waals surface area contributed by atoms with E-state index in [0.29, 0.717) is 11.8 Å². The van der Waals surface area contributed by atoms with Gasteiger partial charge in [0, 0.05) is 11.5 Å². The molecule has 1 nitrogen and oxygen atoms in total. The summed E-state index contributed by atoms with van der Waals surface area (Å²) >= 11 is 0. The van der Waals surface area contributed by atoms with E-state index in [9.17, 15) is 4.79 Å². The van der Waals surface area contributed by atoms with E-state index in [1.54, 1.807) is 0 Å². The van der Waals surface area contributed by atoms with Crippen LogP contribution >= 0.6 is 0 Å². The SMILES string of the molecule is C=C[C@H]1[C@H](C)[C@H]1C(=O)c1ccccc1. The topological polar surface area (TPSA) is 17.1 Å². The molecule has 0 bridgehead atoms. The van der Waals surface area contributed by atoms with E-state index in [-0.39, 0.29) is 11.7 Å². The molecule has 0 aliphatic heterocycles. The number of Topliss-reactive ketones (excluding diaryl/α,β-unsaturated/α-hetero) is 1. The molecule has 0 spiro atoms. The second kappa shape index (κ2) is 3.41. The predicted octanol–water partition coefficient (Wildman–Crippen LogP) is 2.94. The van der Waals surface area contributed by atoms with E-state index < -0.39 is 0 Å². The lowest BCUT2D eigenvalue weighted by molar-refractivity contribution is 0.0959. The molecule has 1 aromatic rings. The number of rotatable bonds is 3. The van der Waals surface area contributed by atoms with Crippen LogP contribution in [0.4, 0.5) is 0 Å². The normalized spacial score (nSPS) is 29.6. The molecule has 3 atom stereocenters. The minimum Gasteiger partial charge on any atom is -0.294 e. The van der Waals surface area contributed by atoms with Gasteiger partial charge in [-0.3, -0.25) is 4.79 Å². The molecule has 1 saturated carbocycles. The van der Waals surface area contributed by atoms with Gasteiger partial charge in [0.1, 0.15) is 0 Å². The fourth-order valence-corrected chi connectivity index (χ4v) is 2.06. The van der Waals surface area contributed by atoms with Crippen molar-refractivity contribution in [2.24, 2.45) is 17.8 Å². The van der Waals surface area contributed by atoms with Crippen LogP contribution in [0, 0.1) is 17.8 Å². The highest BCUT2D eigenvalue weighted by atomic mass is 16.1. The summed E-state index contributed by atoms with van der Waals surface area (Å²) in [5.74, 6) is 1.31. The highest BCUT2D eigenvalue weighted by Crippen LogP contribution is 2.48. The third kappa shape index (κ3) is 1.39. The Labute approximate surface area is 84.5 Å². The maximum atomic E-state index is 11.9. The molecular weight excluding hydrogens is 172 g/mol. The van der Waals surface area contributed by atoms with Gasteiger partial charge in [-0.25, -0.2) is 0 Å². The summed E-state index contributed by atoms with van der Waals surface area (Å²) < 4.78 is 0. The van der Waals surface area contributed by atoms with E-state index in [2.05, 4.69) is 13.5 Å². The van der Waals surface area contributed by atoms with E-state index in [1.165, 1.54) is 0 Å². The minimum absolute atomic E-state index is 0.176. The zero-order chi connectivity index (χ0) is 10.1. The molecule has 14 heavy (non-hydrogen) atoms. The van der Waals surface area contributed by atoms with Crippen LogP contribution in [0.25, 0.3) is 0 Å². The van der Waals surface area contributed by atoms with Crippen molar-refractivity contribution in [1.29, 1.82) is 0 Å². The van der Waals surface area contributed by atoms with Gasteiger partial charge >= 0.3 is 0 Å². The van der Waals surface area contributed by atoms with E-state index in [4.69, 9.17) is 0 Å². The first kappa shape index (κ1) is 9.20. The summed E-state index contributed by atoms with van der Waals surface area (Å²) in [6, 6.07) is 9.51. The summed E-state index contributed by atoms with van der Waals surface area (Å²) in [5, 5.41) is 0. The Balaban J connectivity index is 2.15. The predicted molar refractivity (Wildman–Crippen MR) is 57.1 cm³/mol. The van der Waals surface area contributed by atoms with Crippen LogP contribution < -0.4 is 0 Å². The number of carbonyl (C=O) groups excluding carboxylic acids is 1. The van der Waals surface area contributed by atoms with Gasteiger partial charge in [-0.05, 0) is 11.8 Å². The summed E-state index contributed by atoms with van der Waals surface area (Å²) in [5.41, 5.74) is 0.828. The fraction of sp³-hybridized carbons (Fsp3) is 0.308. The molecule has 0 aromatic heterocycles. The van der Waals surface area contributed by atoms with Crippen molar-refractivity contribution in [3.63, 3.8) is 0 Å². The molecule has 0 amide bonds. The smallest absolute Gasteiger partial charge is 0.166 e. The van der Waals surface area contributed by atoms with Crippen molar-refractivity contribution in [1.82, 2.24) is 0 Å². The number of benzene rings is 1. The summed E-state index contributed by atoms with van der Waals surface area (Å²) in [6.07, 6.45) is 1.90. The summed E-state index contributed by atoms with van der Waals surface area (Å²) in [7, 11) is 0. The van der Waals surface area contributed by atoms with E-state index in [0.717, 1.165) is 5.56 Å². The van der Waals surface area contributed by atoms with Crippen molar-refractivity contribution in [3.8, 4) is 0 Å². The maximum absolute atomic E-state index is 11.9. The van der Waals surface area contributed by atoms with Crippen molar-refractivity contribution >= 4 is 5.78 Å². The number of hydrogen-bond acceptors (Lipinski definition) is 1. The van der Waals surface area contributed by atoms with Crippen LogP contribution in [0.15, 0.2) is 43.0 Å². The van der Waals surface area contributed by atoms with Crippen LogP contribution in [-0.2, 0) is 0 Å². The Hall–Kier alpha value is -1.37. The zero-order valence-electron chi connectivity index (χ0n) is 8.31. The van der Waals surface area contributed by atoms with Crippen LogP contribution in [0.2, 0.25) is 0 Å². The average Bonchev–Trinajstić information content (AvgIpc) is 2.89. The largest absolute Gasteiger partial charge is 0.294 e. The molecule has 1 aromatic carbocycles. The van der Waals surface area contributed by atoms with Gasteiger partial charge in [-0.15, -0.1) is 6.58 Å². The molecule has 1 fully saturated rings. The lowest BCUT2D eigenvalue weighted by Crippen LogP contribution is -2.03. The van der Waals surface area contributed by atoms with Crippen molar-refractivity contribution < 1.29 is 4.79 Å². The third-order valence-corrected chi connectivity index (χ3v) is 3.08. The lowest BCUT2D eigenvalue weighted by Gasteiger charge is -1.97. The molecule has 0 unspecified atom stereocenters. The Morgan fingerprint density at radius 3 is 2.50 bits per heavy atom. The first-order chi connectivity index (χ1) is 6.75. The molecule has 1 aliphatic rings. The van der Waals surface area contributed by atoms with Gasteiger partial charge in [0.25, 0.3) is 0 Å². The Kier molecular flexibility index (Phi) is 2.24. The van der Waals surface area contributed by atoms with Gasteiger partial charge in [0.2, 0.25) is 0 Å². The Morgan fingerprint density at radius 2 is 2.00 bits per heavy atom. The van der Waals surface area contributed by atoms with Crippen molar-refractivity contribution in [3.05, 3.63) is 48.6 Å². The van der Waals surface area contributed by atoms with Crippen molar-refractivity contribution in [2.75, 3.05) is 0 Å². The second-order valence-electron chi connectivity index (χ2n) is 3.93. The van der Waals surface area contributed by atoms with Gasteiger partial charge in [-0.1, -0.05) is 43.3 Å². The van der Waals surface area contributed by atoms with Crippen LogP contribution in [0.5, 0.6) is 0 Å². The summed E-state index contributed by atoms with van der Waals surface area (Å²) in [4.78, 5) is 11.9. The van der Waals surface area contributed by atoms with E-state index in [1.807, 2.05) is 36.4 Å². The van der Waals surface area contributed by atoms with Crippen LogP contribution in [0.3, 0.4) is 0 Å². The highest BCUT2D eigenvalue weighted by Gasteiger charge is 2.49. The van der Waals surface area contributed by atoms with E-state index >= 15 is 0 Å². The molecule has 0 radical (unpaired) electrons. The Bertz CT molecular complexity index is 353. The number of carbonyl (C=O) groups is 1. The molecule has 2 rings (SSSR count). The molecule has 1 heteroatoms. The van der Waals surface area contributed by atoms with Crippen molar-refractivity contribution in [2.45, 2.75) is 6.92 Å². The number of allylic oxidation sites excluding steroid dienone is 1. The molecule has 1 aliphatic carbocycles. The average molecular weight is 186 g/mol. The first-order valence-corrected chi connectivity index (χ1v) is 4.97. The third-order valence-electron chi connectivity index (χ3n) is 3.08. The lowest BCUT2D eigenvalue weighted by atomic mass is 10.1.